The fraction of sp³-hybridized carbons (Fsp3) is 0.588. The van der Waals surface area contributed by atoms with Crippen LogP contribution in [0.25, 0.3) is 0 Å². The number of benzene rings is 1. The van der Waals surface area contributed by atoms with E-state index >= 15 is 0 Å². The van der Waals surface area contributed by atoms with Crippen LogP contribution in [0, 0.1) is 0 Å². The Balaban J connectivity index is 1.62. The van der Waals surface area contributed by atoms with Gasteiger partial charge >= 0.3 is 0 Å². The Morgan fingerprint density at radius 1 is 1.25 bits per heavy atom. The van der Waals surface area contributed by atoms with Crippen molar-refractivity contribution < 1.29 is 4.79 Å². The zero-order valence-corrected chi connectivity index (χ0v) is 12.7. The molecule has 0 radical (unpaired) electrons. The molecule has 20 heavy (non-hydrogen) atoms. The first-order chi connectivity index (χ1) is 9.66. The molecular formula is C17H26N2O. The quantitative estimate of drug-likeness (QED) is 0.775. The van der Waals surface area contributed by atoms with Crippen LogP contribution in [-0.2, 0) is 11.3 Å². The van der Waals surface area contributed by atoms with Gasteiger partial charge in [-0.2, -0.15) is 0 Å². The van der Waals surface area contributed by atoms with Crippen LogP contribution >= 0.6 is 0 Å². The summed E-state index contributed by atoms with van der Waals surface area (Å²) in [6.45, 7) is 8.16. The van der Waals surface area contributed by atoms with Gasteiger partial charge in [0.1, 0.15) is 0 Å². The van der Waals surface area contributed by atoms with E-state index in [0.717, 1.165) is 45.4 Å². The lowest BCUT2D eigenvalue weighted by Crippen LogP contribution is -2.28. The van der Waals surface area contributed by atoms with Crippen molar-refractivity contribution in [3.8, 4) is 0 Å². The van der Waals surface area contributed by atoms with E-state index in [0.29, 0.717) is 11.8 Å². The second-order valence-corrected chi connectivity index (χ2v) is 5.91. The molecular weight excluding hydrogens is 248 g/mol. The third kappa shape index (κ3) is 4.34. The molecule has 1 N–H and O–H groups in total. The van der Waals surface area contributed by atoms with E-state index in [1.165, 1.54) is 11.1 Å². The molecule has 0 unspecified atom stereocenters. The zero-order valence-electron chi connectivity index (χ0n) is 12.7. The number of hydrogen-bond acceptors (Lipinski definition) is 2. The molecule has 1 aliphatic heterocycles. The third-order valence-electron chi connectivity index (χ3n) is 3.93. The van der Waals surface area contributed by atoms with Crippen LogP contribution in [0.15, 0.2) is 24.3 Å². The molecule has 1 aromatic rings. The zero-order chi connectivity index (χ0) is 14.4. The molecule has 0 aromatic heterocycles. The monoisotopic (exact) mass is 274 g/mol. The van der Waals surface area contributed by atoms with Crippen molar-refractivity contribution in [2.75, 3.05) is 19.6 Å². The van der Waals surface area contributed by atoms with E-state index in [1.807, 2.05) is 4.90 Å². The van der Waals surface area contributed by atoms with Gasteiger partial charge in [-0.1, -0.05) is 38.1 Å². The van der Waals surface area contributed by atoms with E-state index in [9.17, 15) is 4.79 Å². The molecule has 2 rings (SSSR count). The lowest BCUT2D eigenvalue weighted by Gasteiger charge is -2.15. The number of likely N-dealkylation sites (tertiary alicyclic amines) is 1. The molecule has 0 saturated carbocycles. The minimum Gasteiger partial charge on any atom is -0.343 e. The standard InChI is InChI=1S/C17H26N2O/c1-14(2)16-8-6-15(7-9-16)13-18-10-4-12-19-11-3-5-17(19)20/h6-9,14,18H,3-5,10-13H2,1-2H3. The van der Waals surface area contributed by atoms with Crippen molar-refractivity contribution in [3.05, 3.63) is 35.4 Å². The smallest absolute Gasteiger partial charge is 0.222 e. The molecule has 1 aromatic carbocycles. The lowest BCUT2D eigenvalue weighted by molar-refractivity contribution is -0.127. The highest BCUT2D eigenvalue weighted by Gasteiger charge is 2.18. The van der Waals surface area contributed by atoms with Crippen LogP contribution in [0.5, 0.6) is 0 Å². The average molecular weight is 274 g/mol. The van der Waals surface area contributed by atoms with Crippen molar-refractivity contribution in [2.45, 2.75) is 45.6 Å². The van der Waals surface area contributed by atoms with Gasteiger partial charge in [0.25, 0.3) is 0 Å². The summed E-state index contributed by atoms with van der Waals surface area (Å²) in [5, 5.41) is 3.45. The van der Waals surface area contributed by atoms with E-state index < -0.39 is 0 Å². The maximum absolute atomic E-state index is 11.5. The maximum atomic E-state index is 11.5. The second kappa shape index (κ2) is 7.44. The summed E-state index contributed by atoms with van der Waals surface area (Å²) in [6.07, 6.45) is 2.82. The molecule has 1 heterocycles. The normalized spacial score (nSPS) is 15.3. The lowest BCUT2D eigenvalue weighted by atomic mass is 10.0. The van der Waals surface area contributed by atoms with Crippen LogP contribution < -0.4 is 5.32 Å². The van der Waals surface area contributed by atoms with Gasteiger partial charge in [0.05, 0.1) is 0 Å². The van der Waals surface area contributed by atoms with Crippen LogP contribution in [0.1, 0.15) is 50.2 Å². The van der Waals surface area contributed by atoms with Crippen molar-refractivity contribution >= 4 is 5.91 Å². The summed E-state index contributed by atoms with van der Waals surface area (Å²) < 4.78 is 0. The number of nitrogens with one attached hydrogen (secondary N) is 1. The Morgan fingerprint density at radius 3 is 2.60 bits per heavy atom. The van der Waals surface area contributed by atoms with Gasteiger partial charge in [0, 0.05) is 26.1 Å². The van der Waals surface area contributed by atoms with Crippen molar-refractivity contribution in [2.24, 2.45) is 0 Å². The number of rotatable bonds is 7. The fourth-order valence-corrected chi connectivity index (χ4v) is 2.59. The van der Waals surface area contributed by atoms with Crippen molar-refractivity contribution in [1.29, 1.82) is 0 Å². The van der Waals surface area contributed by atoms with Crippen molar-refractivity contribution in [3.63, 3.8) is 0 Å². The molecule has 1 fully saturated rings. The van der Waals surface area contributed by atoms with Crippen LogP contribution in [0.4, 0.5) is 0 Å². The van der Waals surface area contributed by atoms with Crippen molar-refractivity contribution in [1.82, 2.24) is 10.2 Å². The second-order valence-electron chi connectivity index (χ2n) is 5.91. The molecule has 3 heteroatoms. The summed E-state index contributed by atoms with van der Waals surface area (Å²) in [6, 6.07) is 8.83. The minimum atomic E-state index is 0.328. The highest BCUT2D eigenvalue weighted by atomic mass is 16.2. The Kier molecular flexibility index (Phi) is 5.60. The predicted molar refractivity (Wildman–Crippen MR) is 82.7 cm³/mol. The van der Waals surface area contributed by atoms with E-state index in [2.05, 4.69) is 43.4 Å². The van der Waals surface area contributed by atoms with Gasteiger partial charge in [-0.3, -0.25) is 4.79 Å². The third-order valence-corrected chi connectivity index (χ3v) is 3.93. The SMILES string of the molecule is CC(C)c1ccc(CNCCCN2CCCC2=O)cc1. The van der Waals surface area contributed by atoms with Gasteiger partial charge in [-0.15, -0.1) is 0 Å². The number of hydrogen-bond donors (Lipinski definition) is 1. The summed E-state index contributed by atoms with van der Waals surface area (Å²) in [5.74, 6) is 0.921. The summed E-state index contributed by atoms with van der Waals surface area (Å²) in [4.78, 5) is 13.4. The Labute approximate surface area is 122 Å². The topological polar surface area (TPSA) is 32.3 Å². The summed E-state index contributed by atoms with van der Waals surface area (Å²) >= 11 is 0. The first-order valence-electron chi connectivity index (χ1n) is 7.74. The van der Waals surface area contributed by atoms with Gasteiger partial charge in [-0.05, 0) is 36.4 Å². The van der Waals surface area contributed by atoms with Gasteiger partial charge in [-0.25, -0.2) is 0 Å². The Bertz CT molecular complexity index is 425. The highest BCUT2D eigenvalue weighted by molar-refractivity contribution is 5.77. The number of carbonyl (C=O) groups is 1. The Morgan fingerprint density at radius 2 is 2.00 bits per heavy atom. The number of amides is 1. The van der Waals surface area contributed by atoms with E-state index in [-0.39, 0.29) is 0 Å². The summed E-state index contributed by atoms with van der Waals surface area (Å²) in [5.41, 5.74) is 2.72. The largest absolute Gasteiger partial charge is 0.343 e. The van der Waals surface area contributed by atoms with Gasteiger partial charge in [0.15, 0.2) is 0 Å². The van der Waals surface area contributed by atoms with Crippen LogP contribution in [0.3, 0.4) is 0 Å². The molecule has 0 aliphatic carbocycles. The molecule has 0 bridgehead atoms. The van der Waals surface area contributed by atoms with Crippen LogP contribution in [0.2, 0.25) is 0 Å². The van der Waals surface area contributed by atoms with Gasteiger partial charge in [0.2, 0.25) is 5.91 Å². The summed E-state index contributed by atoms with van der Waals surface area (Å²) in [7, 11) is 0. The first kappa shape index (κ1) is 15.0. The first-order valence-corrected chi connectivity index (χ1v) is 7.74. The number of nitrogens with zero attached hydrogens (tertiary/aromatic N) is 1. The molecule has 3 nitrogen and oxygen atoms in total. The van der Waals surface area contributed by atoms with E-state index in [4.69, 9.17) is 0 Å². The predicted octanol–water partition coefficient (Wildman–Crippen LogP) is 2.91. The fourth-order valence-electron chi connectivity index (χ4n) is 2.59. The Hall–Kier alpha value is -1.35. The minimum absolute atomic E-state index is 0.328. The molecule has 0 atom stereocenters. The highest BCUT2D eigenvalue weighted by Crippen LogP contribution is 2.14. The average Bonchev–Trinajstić information content (AvgIpc) is 2.84. The molecule has 0 spiro atoms. The maximum Gasteiger partial charge on any atom is 0.222 e. The van der Waals surface area contributed by atoms with E-state index in [1.54, 1.807) is 0 Å². The molecule has 1 aliphatic rings. The van der Waals surface area contributed by atoms with Crippen LogP contribution in [-0.4, -0.2) is 30.4 Å². The molecule has 1 amide bonds. The molecule has 1 saturated heterocycles. The number of carbonyl (C=O) groups excluding carboxylic acids is 1. The molecule has 110 valence electrons. The van der Waals surface area contributed by atoms with Gasteiger partial charge < -0.3 is 10.2 Å².